The minimum absolute atomic E-state index is 0.00644. The third kappa shape index (κ3) is 4.22. The van der Waals surface area contributed by atoms with Crippen LogP contribution in [-0.2, 0) is 9.53 Å². The van der Waals surface area contributed by atoms with Crippen LogP contribution in [0.4, 0.5) is 4.39 Å². The van der Waals surface area contributed by atoms with Gasteiger partial charge in [-0.3, -0.25) is 4.79 Å². The topological polar surface area (TPSA) is 73.5 Å². The molecule has 1 aromatic heterocycles. The first-order valence-corrected chi connectivity index (χ1v) is 9.35. The summed E-state index contributed by atoms with van der Waals surface area (Å²) in [7, 11) is 0. The number of aliphatic hydroxyl groups excluding tert-OH is 1. The van der Waals surface area contributed by atoms with Gasteiger partial charge in [-0.05, 0) is 29.8 Å². The monoisotopic (exact) mass is 385 g/mol. The van der Waals surface area contributed by atoms with Gasteiger partial charge in [-0.2, -0.15) is 4.73 Å². The number of carbonyl (C=O) groups is 1. The van der Waals surface area contributed by atoms with Gasteiger partial charge < -0.3 is 15.1 Å². The standard InChI is InChI=1S/C22H24FNO4/c1-13(2)22-19(9-8-18-11-17(25)12-21(26)28-18)20(10-14(3)24(22)27)15-4-6-16(23)7-5-15/h4-10,13,17-18,25H,11-12H2,1-3H3/b9-8+/t17-,18-/m0/s1. The van der Waals surface area contributed by atoms with E-state index >= 15 is 0 Å². The molecule has 1 aliphatic heterocycles. The second-order valence-corrected chi connectivity index (χ2v) is 7.44. The van der Waals surface area contributed by atoms with Crippen molar-refractivity contribution in [3.63, 3.8) is 0 Å². The number of esters is 1. The smallest absolute Gasteiger partial charge is 0.309 e. The molecule has 1 fully saturated rings. The minimum Gasteiger partial charge on any atom is -0.618 e. The molecule has 1 aliphatic rings. The number of ether oxygens (including phenoxy) is 1. The van der Waals surface area contributed by atoms with E-state index in [1.807, 2.05) is 13.8 Å². The Morgan fingerprint density at radius 2 is 2.00 bits per heavy atom. The molecular formula is C22H24FNO4. The summed E-state index contributed by atoms with van der Waals surface area (Å²) in [4.78, 5) is 11.6. The molecule has 148 valence electrons. The highest BCUT2D eigenvalue weighted by atomic mass is 19.1. The van der Waals surface area contributed by atoms with Gasteiger partial charge >= 0.3 is 5.97 Å². The predicted molar refractivity (Wildman–Crippen MR) is 104 cm³/mol. The van der Waals surface area contributed by atoms with Crippen LogP contribution in [0.3, 0.4) is 0 Å². The Kier molecular flexibility index (Phi) is 5.79. The zero-order valence-electron chi connectivity index (χ0n) is 16.2. The Bertz CT molecular complexity index is 906. The number of pyridine rings is 1. The van der Waals surface area contributed by atoms with Gasteiger partial charge in [-0.15, -0.1) is 0 Å². The van der Waals surface area contributed by atoms with E-state index in [-0.39, 0.29) is 18.2 Å². The number of carbonyl (C=O) groups excluding carboxylic acids is 1. The molecule has 0 radical (unpaired) electrons. The van der Waals surface area contributed by atoms with Crippen LogP contribution >= 0.6 is 0 Å². The normalized spacial score (nSPS) is 20.0. The van der Waals surface area contributed by atoms with Gasteiger partial charge in [0, 0.05) is 30.9 Å². The number of hydrogen-bond acceptors (Lipinski definition) is 4. The molecule has 1 N–H and O–H groups in total. The third-order valence-electron chi connectivity index (χ3n) is 4.83. The summed E-state index contributed by atoms with van der Waals surface area (Å²) in [6, 6.07) is 7.87. The van der Waals surface area contributed by atoms with Gasteiger partial charge in [-0.25, -0.2) is 4.39 Å². The largest absolute Gasteiger partial charge is 0.618 e. The fraction of sp³-hybridized carbons (Fsp3) is 0.364. The molecule has 1 saturated heterocycles. The van der Waals surface area contributed by atoms with E-state index in [1.165, 1.54) is 12.1 Å². The van der Waals surface area contributed by atoms with Crippen molar-refractivity contribution in [2.75, 3.05) is 0 Å². The number of benzene rings is 1. The van der Waals surface area contributed by atoms with E-state index in [0.717, 1.165) is 15.9 Å². The van der Waals surface area contributed by atoms with Gasteiger partial charge in [0.05, 0.1) is 18.1 Å². The Hall–Kier alpha value is -2.73. The summed E-state index contributed by atoms with van der Waals surface area (Å²) in [5.41, 5.74) is 3.40. The maximum Gasteiger partial charge on any atom is 0.309 e. The van der Waals surface area contributed by atoms with Crippen LogP contribution in [-0.4, -0.2) is 23.3 Å². The molecule has 0 amide bonds. The van der Waals surface area contributed by atoms with Crippen molar-refractivity contribution in [3.8, 4) is 11.1 Å². The summed E-state index contributed by atoms with van der Waals surface area (Å²) >= 11 is 0. The van der Waals surface area contributed by atoms with Crippen molar-refractivity contribution in [3.05, 3.63) is 64.4 Å². The summed E-state index contributed by atoms with van der Waals surface area (Å²) < 4.78 is 19.6. The van der Waals surface area contributed by atoms with Gasteiger partial charge in [-0.1, -0.05) is 26.0 Å². The van der Waals surface area contributed by atoms with Crippen molar-refractivity contribution in [2.45, 2.75) is 51.7 Å². The summed E-state index contributed by atoms with van der Waals surface area (Å²) in [6.07, 6.45) is 2.47. The van der Waals surface area contributed by atoms with Crippen LogP contribution in [0, 0.1) is 17.9 Å². The van der Waals surface area contributed by atoms with Crippen LogP contribution in [0.25, 0.3) is 17.2 Å². The van der Waals surface area contributed by atoms with Crippen LogP contribution in [0.5, 0.6) is 0 Å². The lowest BCUT2D eigenvalue weighted by Crippen LogP contribution is -2.37. The second kappa shape index (κ2) is 8.10. The zero-order valence-corrected chi connectivity index (χ0v) is 16.2. The average Bonchev–Trinajstić information content (AvgIpc) is 2.62. The predicted octanol–water partition coefficient (Wildman–Crippen LogP) is 3.64. The fourth-order valence-electron chi connectivity index (χ4n) is 3.50. The number of aromatic nitrogens is 1. The number of aliphatic hydroxyl groups is 1. The SMILES string of the molecule is Cc1cc(-c2ccc(F)cc2)c(/C=C/[C@H]2C[C@H](O)CC(=O)O2)c(C(C)C)[n+]1[O-]. The lowest BCUT2D eigenvalue weighted by molar-refractivity contribution is -0.622. The first-order chi connectivity index (χ1) is 13.3. The van der Waals surface area contributed by atoms with E-state index in [1.54, 1.807) is 37.3 Å². The minimum atomic E-state index is -0.737. The Morgan fingerprint density at radius 3 is 2.61 bits per heavy atom. The molecule has 28 heavy (non-hydrogen) atoms. The van der Waals surface area contributed by atoms with Gasteiger partial charge in [0.1, 0.15) is 11.9 Å². The number of nitrogens with zero attached hydrogens (tertiary/aromatic N) is 1. The molecule has 2 atom stereocenters. The molecular weight excluding hydrogens is 361 g/mol. The molecule has 1 aromatic carbocycles. The molecule has 0 unspecified atom stereocenters. The van der Waals surface area contributed by atoms with Crippen molar-refractivity contribution in [1.82, 2.24) is 0 Å². The quantitative estimate of drug-likeness (QED) is 0.495. The maximum atomic E-state index is 13.4. The van der Waals surface area contributed by atoms with Crippen molar-refractivity contribution < 1.29 is 23.8 Å². The molecule has 0 aliphatic carbocycles. The fourth-order valence-corrected chi connectivity index (χ4v) is 3.50. The van der Waals surface area contributed by atoms with Crippen LogP contribution < -0.4 is 4.73 Å². The lowest BCUT2D eigenvalue weighted by atomic mass is 9.92. The van der Waals surface area contributed by atoms with Crippen molar-refractivity contribution in [2.24, 2.45) is 0 Å². The van der Waals surface area contributed by atoms with E-state index < -0.39 is 18.2 Å². The van der Waals surface area contributed by atoms with Crippen molar-refractivity contribution >= 4 is 12.0 Å². The highest BCUT2D eigenvalue weighted by molar-refractivity contribution is 5.77. The second-order valence-electron chi connectivity index (χ2n) is 7.44. The van der Waals surface area contributed by atoms with Crippen LogP contribution in [0.1, 0.15) is 49.6 Å². The van der Waals surface area contributed by atoms with Crippen molar-refractivity contribution in [1.29, 1.82) is 0 Å². The molecule has 2 aromatic rings. The molecule has 0 saturated carbocycles. The Balaban J connectivity index is 2.11. The number of aryl methyl sites for hydroxylation is 1. The molecule has 2 heterocycles. The highest BCUT2D eigenvalue weighted by Crippen LogP contribution is 2.31. The summed E-state index contributed by atoms with van der Waals surface area (Å²) in [5, 5.41) is 22.5. The Morgan fingerprint density at radius 1 is 1.32 bits per heavy atom. The van der Waals surface area contributed by atoms with E-state index in [0.29, 0.717) is 23.4 Å². The number of cyclic esters (lactones) is 1. The number of rotatable bonds is 4. The first kappa shape index (κ1) is 20.0. The Labute approximate surface area is 163 Å². The average molecular weight is 385 g/mol. The van der Waals surface area contributed by atoms with Crippen LogP contribution in [0.2, 0.25) is 0 Å². The third-order valence-corrected chi connectivity index (χ3v) is 4.83. The summed E-state index contributed by atoms with van der Waals surface area (Å²) in [6.45, 7) is 5.59. The van der Waals surface area contributed by atoms with Crippen LogP contribution in [0.15, 0.2) is 36.4 Å². The zero-order chi connectivity index (χ0) is 20.4. The molecule has 3 rings (SSSR count). The highest BCUT2D eigenvalue weighted by Gasteiger charge is 2.27. The summed E-state index contributed by atoms with van der Waals surface area (Å²) in [5.74, 6) is -0.839. The first-order valence-electron chi connectivity index (χ1n) is 9.35. The number of hydrogen-bond donors (Lipinski definition) is 1. The lowest BCUT2D eigenvalue weighted by Gasteiger charge is -2.23. The van der Waals surface area contributed by atoms with E-state index in [2.05, 4.69) is 0 Å². The number of halogens is 1. The molecule has 5 nitrogen and oxygen atoms in total. The van der Waals surface area contributed by atoms with E-state index in [4.69, 9.17) is 4.74 Å². The maximum absolute atomic E-state index is 13.4. The van der Waals surface area contributed by atoms with Gasteiger partial charge in [0.25, 0.3) is 0 Å². The molecule has 6 heteroatoms. The molecule has 0 bridgehead atoms. The van der Waals surface area contributed by atoms with Gasteiger partial charge in [0.15, 0.2) is 5.69 Å². The van der Waals surface area contributed by atoms with E-state index in [9.17, 15) is 19.5 Å². The van der Waals surface area contributed by atoms with Gasteiger partial charge in [0.2, 0.25) is 5.69 Å². The molecule has 0 spiro atoms.